The number of rotatable bonds is 6. The van der Waals surface area contributed by atoms with E-state index in [9.17, 15) is 22.8 Å². The molecule has 1 atom stereocenters. The second-order valence-corrected chi connectivity index (χ2v) is 7.18. The number of ether oxygens (including phenoxy) is 1. The standard InChI is InChI=1S/C18H18F3N3O3S/c19-18(20,21)13-5-3-12(4-6-13)16(26)24(10-14-2-1-8-27-14)11-15(25)23-17-22-7-9-28-17/h3-7,9,14H,1-2,8,10-11H2,(H,22,23,25). The lowest BCUT2D eigenvalue weighted by Crippen LogP contribution is -2.42. The molecule has 0 radical (unpaired) electrons. The van der Waals surface area contributed by atoms with E-state index in [1.54, 1.807) is 5.38 Å². The Bertz CT molecular complexity index is 804. The van der Waals surface area contributed by atoms with Gasteiger partial charge >= 0.3 is 6.18 Å². The van der Waals surface area contributed by atoms with Gasteiger partial charge in [-0.3, -0.25) is 9.59 Å². The van der Waals surface area contributed by atoms with Gasteiger partial charge < -0.3 is 15.0 Å². The average molecular weight is 413 g/mol. The molecule has 3 rings (SSSR count). The van der Waals surface area contributed by atoms with Crippen LogP contribution in [0.15, 0.2) is 35.8 Å². The Morgan fingerprint density at radius 1 is 1.29 bits per heavy atom. The van der Waals surface area contributed by atoms with Crippen LogP contribution >= 0.6 is 11.3 Å². The number of thiazole rings is 1. The second-order valence-electron chi connectivity index (χ2n) is 6.28. The zero-order valence-corrected chi connectivity index (χ0v) is 15.6. The summed E-state index contributed by atoms with van der Waals surface area (Å²) in [6.07, 6.45) is -1.53. The summed E-state index contributed by atoms with van der Waals surface area (Å²) < 4.78 is 43.7. The molecular weight excluding hydrogens is 395 g/mol. The lowest BCUT2D eigenvalue weighted by atomic mass is 10.1. The largest absolute Gasteiger partial charge is 0.416 e. The van der Waals surface area contributed by atoms with E-state index in [0.717, 1.165) is 37.1 Å². The first kappa shape index (κ1) is 20.3. The highest BCUT2D eigenvalue weighted by Gasteiger charge is 2.31. The second kappa shape index (κ2) is 8.70. The molecule has 1 aromatic carbocycles. The van der Waals surface area contributed by atoms with Crippen molar-refractivity contribution in [3.63, 3.8) is 0 Å². The molecule has 1 unspecified atom stereocenters. The highest BCUT2D eigenvalue weighted by atomic mass is 32.1. The molecule has 150 valence electrons. The highest BCUT2D eigenvalue weighted by molar-refractivity contribution is 7.13. The number of benzene rings is 1. The zero-order valence-electron chi connectivity index (χ0n) is 14.7. The minimum Gasteiger partial charge on any atom is -0.376 e. The van der Waals surface area contributed by atoms with Crippen molar-refractivity contribution in [2.24, 2.45) is 0 Å². The van der Waals surface area contributed by atoms with Crippen molar-refractivity contribution in [1.82, 2.24) is 9.88 Å². The van der Waals surface area contributed by atoms with Crippen LogP contribution < -0.4 is 5.32 Å². The molecule has 0 saturated carbocycles. The van der Waals surface area contributed by atoms with E-state index in [0.29, 0.717) is 11.7 Å². The molecule has 2 amide bonds. The number of carbonyl (C=O) groups is 2. The van der Waals surface area contributed by atoms with E-state index < -0.39 is 23.6 Å². The summed E-state index contributed by atoms with van der Waals surface area (Å²) in [5, 5.41) is 4.71. The van der Waals surface area contributed by atoms with Crippen LogP contribution in [-0.4, -0.2) is 47.5 Å². The van der Waals surface area contributed by atoms with Gasteiger partial charge in [-0.2, -0.15) is 13.2 Å². The molecule has 10 heteroatoms. The highest BCUT2D eigenvalue weighted by Crippen LogP contribution is 2.29. The molecule has 2 aromatic rings. The van der Waals surface area contributed by atoms with Gasteiger partial charge in [0.05, 0.1) is 11.7 Å². The molecular formula is C18H18F3N3O3S. The fraction of sp³-hybridized carbons (Fsp3) is 0.389. The first-order chi connectivity index (χ1) is 13.3. The average Bonchev–Trinajstić information content (AvgIpc) is 3.34. The van der Waals surface area contributed by atoms with Gasteiger partial charge in [-0.15, -0.1) is 11.3 Å². The predicted octanol–water partition coefficient (Wildman–Crippen LogP) is 3.42. The first-order valence-electron chi connectivity index (χ1n) is 8.60. The van der Waals surface area contributed by atoms with E-state index in [1.165, 1.54) is 22.4 Å². The fourth-order valence-electron chi connectivity index (χ4n) is 2.86. The summed E-state index contributed by atoms with van der Waals surface area (Å²) in [5.74, 6) is -0.966. The Balaban J connectivity index is 1.72. The molecule has 1 aliphatic rings. The quantitative estimate of drug-likeness (QED) is 0.788. The zero-order chi connectivity index (χ0) is 20.1. The van der Waals surface area contributed by atoms with Crippen LogP contribution in [-0.2, 0) is 15.7 Å². The molecule has 1 saturated heterocycles. The number of carbonyl (C=O) groups excluding carboxylic acids is 2. The number of hydrogen-bond donors (Lipinski definition) is 1. The molecule has 1 aliphatic heterocycles. The number of alkyl halides is 3. The molecule has 0 spiro atoms. The molecule has 2 heterocycles. The number of anilines is 1. The molecule has 1 N–H and O–H groups in total. The third-order valence-electron chi connectivity index (χ3n) is 4.21. The normalized spacial score (nSPS) is 16.8. The van der Waals surface area contributed by atoms with Crippen LogP contribution in [0, 0.1) is 0 Å². The van der Waals surface area contributed by atoms with Crippen molar-refractivity contribution in [3.05, 3.63) is 47.0 Å². The Morgan fingerprint density at radius 2 is 2.04 bits per heavy atom. The Morgan fingerprint density at radius 3 is 2.61 bits per heavy atom. The van der Waals surface area contributed by atoms with Gasteiger partial charge in [-0.25, -0.2) is 4.98 Å². The monoisotopic (exact) mass is 413 g/mol. The van der Waals surface area contributed by atoms with E-state index in [-0.39, 0.29) is 24.8 Å². The lowest BCUT2D eigenvalue weighted by Gasteiger charge is -2.25. The van der Waals surface area contributed by atoms with Crippen molar-refractivity contribution in [1.29, 1.82) is 0 Å². The Hall–Kier alpha value is -2.46. The number of aromatic nitrogens is 1. The Kier molecular flexibility index (Phi) is 6.30. The van der Waals surface area contributed by atoms with Gasteiger partial charge in [0.25, 0.3) is 5.91 Å². The summed E-state index contributed by atoms with van der Waals surface area (Å²) >= 11 is 1.24. The van der Waals surface area contributed by atoms with Gasteiger partial charge in [0.2, 0.25) is 5.91 Å². The number of nitrogens with zero attached hydrogens (tertiary/aromatic N) is 2. The first-order valence-corrected chi connectivity index (χ1v) is 9.48. The van der Waals surface area contributed by atoms with Crippen LogP contribution in [0.5, 0.6) is 0 Å². The van der Waals surface area contributed by atoms with E-state index >= 15 is 0 Å². The van der Waals surface area contributed by atoms with Gasteiger partial charge in [-0.05, 0) is 37.1 Å². The summed E-state index contributed by atoms with van der Waals surface area (Å²) in [5.41, 5.74) is -0.760. The van der Waals surface area contributed by atoms with Crippen molar-refractivity contribution < 1.29 is 27.5 Å². The molecule has 0 bridgehead atoms. The molecule has 1 aromatic heterocycles. The molecule has 0 aliphatic carbocycles. The number of hydrogen-bond acceptors (Lipinski definition) is 5. The fourth-order valence-corrected chi connectivity index (χ4v) is 3.40. The Labute approximate surface area is 163 Å². The minimum absolute atomic E-state index is 0.0769. The van der Waals surface area contributed by atoms with Crippen molar-refractivity contribution >= 4 is 28.3 Å². The maximum Gasteiger partial charge on any atom is 0.416 e. The predicted molar refractivity (Wildman–Crippen MR) is 97.1 cm³/mol. The van der Waals surface area contributed by atoms with Gasteiger partial charge in [0, 0.05) is 30.3 Å². The van der Waals surface area contributed by atoms with E-state index in [2.05, 4.69) is 10.3 Å². The molecule has 1 fully saturated rings. The maximum atomic E-state index is 12.8. The van der Waals surface area contributed by atoms with Crippen LogP contribution in [0.3, 0.4) is 0 Å². The molecule has 6 nitrogen and oxygen atoms in total. The van der Waals surface area contributed by atoms with Crippen LogP contribution in [0.2, 0.25) is 0 Å². The van der Waals surface area contributed by atoms with Crippen LogP contribution in [0.25, 0.3) is 0 Å². The third-order valence-corrected chi connectivity index (χ3v) is 4.90. The third kappa shape index (κ3) is 5.29. The van der Waals surface area contributed by atoms with Crippen LogP contribution in [0.4, 0.5) is 18.3 Å². The summed E-state index contributed by atoms with van der Waals surface area (Å²) in [6.45, 7) is 0.517. The van der Waals surface area contributed by atoms with Gasteiger partial charge in [0.15, 0.2) is 5.13 Å². The van der Waals surface area contributed by atoms with Gasteiger partial charge in [-0.1, -0.05) is 0 Å². The van der Waals surface area contributed by atoms with E-state index in [1.807, 2.05) is 0 Å². The minimum atomic E-state index is -4.48. The summed E-state index contributed by atoms with van der Waals surface area (Å²) in [6, 6.07) is 3.94. The summed E-state index contributed by atoms with van der Waals surface area (Å²) in [4.78, 5) is 30.4. The van der Waals surface area contributed by atoms with Crippen molar-refractivity contribution in [3.8, 4) is 0 Å². The lowest BCUT2D eigenvalue weighted by molar-refractivity contribution is -0.137. The number of nitrogens with one attached hydrogen (secondary N) is 1. The topological polar surface area (TPSA) is 71.5 Å². The van der Waals surface area contributed by atoms with Crippen molar-refractivity contribution in [2.75, 3.05) is 25.0 Å². The van der Waals surface area contributed by atoms with Crippen LogP contribution in [0.1, 0.15) is 28.8 Å². The number of halogens is 3. The molecule has 28 heavy (non-hydrogen) atoms. The maximum absolute atomic E-state index is 12.8. The number of amides is 2. The van der Waals surface area contributed by atoms with Crippen molar-refractivity contribution in [2.45, 2.75) is 25.1 Å². The summed E-state index contributed by atoms with van der Waals surface area (Å²) in [7, 11) is 0. The SMILES string of the molecule is O=C(CN(CC1CCCO1)C(=O)c1ccc(C(F)(F)F)cc1)Nc1nccs1. The van der Waals surface area contributed by atoms with Gasteiger partial charge in [0.1, 0.15) is 6.54 Å². The smallest absolute Gasteiger partial charge is 0.376 e. The van der Waals surface area contributed by atoms with E-state index in [4.69, 9.17) is 4.74 Å².